The highest BCUT2D eigenvalue weighted by Crippen LogP contribution is 2.34. The van der Waals surface area contributed by atoms with Crippen molar-refractivity contribution in [2.75, 3.05) is 13.1 Å². The Balaban J connectivity index is 1.83. The summed E-state index contributed by atoms with van der Waals surface area (Å²) >= 11 is 0. The topological polar surface area (TPSA) is 61.0 Å². The van der Waals surface area contributed by atoms with E-state index in [0.717, 1.165) is 32.4 Å². The third kappa shape index (κ3) is 2.46. The Kier molecular flexibility index (Phi) is 3.78. The zero-order chi connectivity index (χ0) is 14.1. The van der Waals surface area contributed by atoms with Gasteiger partial charge in [0.2, 0.25) is 5.91 Å². The zero-order valence-corrected chi connectivity index (χ0v) is 12.4. The molecular weight excluding hydrogens is 252 g/mol. The lowest BCUT2D eigenvalue weighted by atomic mass is 9.74. The highest BCUT2D eigenvalue weighted by Gasteiger charge is 2.41. The number of likely N-dealkylation sites (tertiary alicyclic amines) is 1. The predicted molar refractivity (Wildman–Crippen MR) is 77.4 cm³/mol. The van der Waals surface area contributed by atoms with E-state index in [1.54, 1.807) is 6.92 Å². The Bertz CT molecular complexity index is 484. The first kappa shape index (κ1) is 13.6. The Morgan fingerprint density at radius 3 is 3.15 bits per heavy atom. The van der Waals surface area contributed by atoms with Gasteiger partial charge in [-0.25, -0.2) is 0 Å². The van der Waals surface area contributed by atoms with Crippen LogP contribution in [0.15, 0.2) is 6.20 Å². The molecule has 0 unspecified atom stereocenters. The number of piperidine rings is 1. The SMILES string of the molecule is CCCN1CC[C@@H](NC(C)=O)[C@H]2Cc3[nH]ncc3C[C@@H]21. The summed E-state index contributed by atoms with van der Waals surface area (Å²) in [5.41, 5.74) is 2.62. The standard InChI is InChI=1S/C15H24N4O/c1-3-5-19-6-4-13(17-10(2)20)12-8-14-11(7-15(12)19)9-16-18-14/h9,12-13,15H,3-8H2,1-2H3,(H,16,18)(H,17,20)/t12-,13-,15+/m1/s1. The molecule has 0 saturated carbocycles. The molecule has 1 amide bonds. The third-order valence-electron chi connectivity index (χ3n) is 4.78. The number of carbonyl (C=O) groups is 1. The minimum absolute atomic E-state index is 0.0908. The Morgan fingerprint density at radius 1 is 1.55 bits per heavy atom. The molecule has 1 aromatic rings. The van der Waals surface area contributed by atoms with E-state index in [9.17, 15) is 4.79 Å². The normalized spacial score (nSPS) is 29.6. The smallest absolute Gasteiger partial charge is 0.217 e. The molecule has 1 aliphatic heterocycles. The molecule has 1 aliphatic carbocycles. The molecule has 1 aromatic heterocycles. The van der Waals surface area contributed by atoms with Crippen LogP contribution in [0.1, 0.15) is 37.9 Å². The van der Waals surface area contributed by atoms with Gasteiger partial charge in [0.1, 0.15) is 0 Å². The Labute approximate surface area is 120 Å². The maximum Gasteiger partial charge on any atom is 0.217 e. The summed E-state index contributed by atoms with van der Waals surface area (Å²) in [5.74, 6) is 0.597. The summed E-state index contributed by atoms with van der Waals surface area (Å²) in [7, 11) is 0. The van der Waals surface area contributed by atoms with Gasteiger partial charge >= 0.3 is 0 Å². The fourth-order valence-corrected chi connectivity index (χ4v) is 3.94. The summed E-state index contributed by atoms with van der Waals surface area (Å²) in [5, 5.41) is 10.5. The van der Waals surface area contributed by atoms with Crippen molar-refractivity contribution in [3.63, 3.8) is 0 Å². The average Bonchev–Trinajstić information content (AvgIpc) is 2.86. The van der Waals surface area contributed by atoms with Gasteiger partial charge in [0, 0.05) is 37.2 Å². The lowest BCUT2D eigenvalue weighted by Crippen LogP contribution is -2.59. The molecule has 110 valence electrons. The van der Waals surface area contributed by atoms with Crippen LogP contribution in [0.4, 0.5) is 0 Å². The molecule has 1 saturated heterocycles. The number of rotatable bonds is 3. The second-order valence-corrected chi connectivity index (χ2v) is 6.14. The number of amides is 1. The molecule has 5 heteroatoms. The van der Waals surface area contributed by atoms with E-state index in [0.29, 0.717) is 18.0 Å². The minimum atomic E-state index is 0.0908. The second kappa shape index (κ2) is 5.56. The van der Waals surface area contributed by atoms with Gasteiger partial charge in [0.25, 0.3) is 0 Å². The van der Waals surface area contributed by atoms with Crippen LogP contribution < -0.4 is 5.32 Å². The first-order valence-electron chi connectivity index (χ1n) is 7.71. The number of carbonyl (C=O) groups excluding carboxylic acids is 1. The van der Waals surface area contributed by atoms with E-state index in [-0.39, 0.29) is 5.91 Å². The lowest BCUT2D eigenvalue weighted by Gasteiger charge is -2.47. The number of H-pyrrole nitrogens is 1. The minimum Gasteiger partial charge on any atom is -0.353 e. The molecule has 2 N–H and O–H groups in total. The molecule has 0 radical (unpaired) electrons. The maximum atomic E-state index is 11.4. The molecule has 3 atom stereocenters. The number of nitrogens with one attached hydrogen (secondary N) is 2. The van der Waals surface area contributed by atoms with Gasteiger partial charge in [-0.1, -0.05) is 6.92 Å². The number of nitrogens with zero attached hydrogens (tertiary/aromatic N) is 2. The van der Waals surface area contributed by atoms with Crippen LogP contribution >= 0.6 is 0 Å². The van der Waals surface area contributed by atoms with Crippen molar-refractivity contribution in [3.05, 3.63) is 17.5 Å². The van der Waals surface area contributed by atoms with Crippen LogP contribution in [0.5, 0.6) is 0 Å². The molecule has 0 aromatic carbocycles. The second-order valence-electron chi connectivity index (χ2n) is 6.14. The van der Waals surface area contributed by atoms with Crippen molar-refractivity contribution in [1.82, 2.24) is 20.4 Å². The first-order valence-corrected chi connectivity index (χ1v) is 7.71. The number of hydrogen-bond donors (Lipinski definition) is 2. The van der Waals surface area contributed by atoms with Gasteiger partial charge < -0.3 is 5.32 Å². The molecule has 5 nitrogen and oxygen atoms in total. The average molecular weight is 276 g/mol. The number of aromatic nitrogens is 2. The number of hydrogen-bond acceptors (Lipinski definition) is 3. The number of fused-ring (bicyclic) bond motifs is 2. The van der Waals surface area contributed by atoms with Crippen molar-refractivity contribution < 1.29 is 4.79 Å². The van der Waals surface area contributed by atoms with E-state index in [4.69, 9.17) is 0 Å². The van der Waals surface area contributed by atoms with Crippen LogP contribution in [-0.4, -0.2) is 46.2 Å². The van der Waals surface area contributed by atoms with E-state index in [2.05, 4.69) is 27.3 Å². The van der Waals surface area contributed by atoms with Gasteiger partial charge in [-0.15, -0.1) is 0 Å². The van der Waals surface area contributed by atoms with Crippen molar-refractivity contribution in [1.29, 1.82) is 0 Å². The molecule has 0 bridgehead atoms. The fraction of sp³-hybridized carbons (Fsp3) is 0.733. The van der Waals surface area contributed by atoms with Gasteiger partial charge in [-0.05, 0) is 37.8 Å². The molecule has 2 heterocycles. The van der Waals surface area contributed by atoms with Crippen molar-refractivity contribution >= 4 is 5.91 Å². The van der Waals surface area contributed by atoms with E-state index in [1.165, 1.54) is 17.7 Å². The van der Waals surface area contributed by atoms with Crippen LogP contribution in [0, 0.1) is 5.92 Å². The van der Waals surface area contributed by atoms with Gasteiger partial charge in [-0.2, -0.15) is 5.10 Å². The van der Waals surface area contributed by atoms with Gasteiger partial charge in [0.05, 0.1) is 6.20 Å². The van der Waals surface area contributed by atoms with Crippen LogP contribution in [0.2, 0.25) is 0 Å². The first-order chi connectivity index (χ1) is 9.69. The molecule has 0 spiro atoms. The summed E-state index contributed by atoms with van der Waals surface area (Å²) in [6.45, 7) is 6.10. The summed E-state index contributed by atoms with van der Waals surface area (Å²) in [6.07, 6.45) is 6.28. The predicted octanol–water partition coefficient (Wildman–Crippen LogP) is 1.11. The summed E-state index contributed by atoms with van der Waals surface area (Å²) < 4.78 is 0. The molecular formula is C15H24N4O. The highest BCUT2D eigenvalue weighted by molar-refractivity contribution is 5.73. The van der Waals surface area contributed by atoms with Crippen molar-refractivity contribution in [2.24, 2.45) is 5.92 Å². The molecule has 2 aliphatic rings. The number of aromatic amines is 1. The zero-order valence-electron chi connectivity index (χ0n) is 12.4. The van der Waals surface area contributed by atoms with Gasteiger partial charge in [0.15, 0.2) is 0 Å². The third-order valence-corrected chi connectivity index (χ3v) is 4.78. The summed E-state index contributed by atoms with van der Waals surface area (Å²) in [4.78, 5) is 14.1. The fourth-order valence-electron chi connectivity index (χ4n) is 3.94. The van der Waals surface area contributed by atoms with Gasteiger partial charge in [-0.3, -0.25) is 14.8 Å². The van der Waals surface area contributed by atoms with Crippen molar-refractivity contribution in [3.8, 4) is 0 Å². The van der Waals surface area contributed by atoms with E-state index < -0.39 is 0 Å². The lowest BCUT2D eigenvalue weighted by molar-refractivity contribution is -0.120. The monoisotopic (exact) mass is 276 g/mol. The molecule has 3 rings (SSSR count). The van der Waals surface area contributed by atoms with Crippen LogP contribution in [0.25, 0.3) is 0 Å². The summed E-state index contributed by atoms with van der Waals surface area (Å²) in [6, 6.07) is 0.854. The van der Waals surface area contributed by atoms with Crippen LogP contribution in [-0.2, 0) is 17.6 Å². The van der Waals surface area contributed by atoms with E-state index in [1.807, 2.05) is 6.20 Å². The quantitative estimate of drug-likeness (QED) is 0.869. The van der Waals surface area contributed by atoms with E-state index >= 15 is 0 Å². The highest BCUT2D eigenvalue weighted by atomic mass is 16.1. The Hall–Kier alpha value is -1.36. The van der Waals surface area contributed by atoms with Crippen molar-refractivity contribution in [2.45, 2.75) is 51.6 Å². The largest absolute Gasteiger partial charge is 0.353 e. The molecule has 1 fully saturated rings. The maximum absolute atomic E-state index is 11.4. The Morgan fingerprint density at radius 2 is 2.40 bits per heavy atom. The molecule has 20 heavy (non-hydrogen) atoms. The van der Waals surface area contributed by atoms with Crippen LogP contribution in [0.3, 0.4) is 0 Å².